The third kappa shape index (κ3) is 3.96. The van der Waals surface area contributed by atoms with Crippen LogP contribution >= 0.6 is 0 Å². The van der Waals surface area contributed by atoms with E-state index < -0.39 is 0 Å². The lowest BCUT2D eigenvalue weighted by atomic mass is 10.0. The van der Waals surface area contributed by atoms with Gasteiger partial charge in [-0.2, -0.15) is 0 Å². The van der Waals surface area contributed by atoms with Crippen LogP contribution in [0.3, 0.4) is 0 Å². The Hall–Kier alpha value is -0.610. The predicted octanol–water partition coefficient (Wildman–Crippen LogP) is 1.83. The maximum Gasteiger partial charge on any atom is 0.323 e. The van der Waals surface area contributed by atoms with E-state index in [1.807, 2.05) is 6.92 Å². The van der Waals surface area contributed by atoms with Crippen molar-refractivity contribution in [3.63, 3.8) is 0 Å². The van der Waals surface area contributed by atoms with Crippen molar-refractivity contribution in [1.82, 2.24) is 4.90 Å². The van der Waals surface area contributed by atoms with Gasteiger partial charge >= 0.3 is 5.97 Å². The second-order valence-electron chi connectivity index (χ2n) is 4.87. The molecule has 0 saturated carbocycles. The number of hydrogen-bond acceptors (Lipinski definition) is 4. The Labute approximate surface area is 104 Å². The van der Waals surface area contributed by atoms with Gasteiger partial charge in [-0.05, 0) is 20.3 Å². The average molecular weight is 243 g/mol. The van der Waals surface area contributed by atoms with Crippen molar-refractivity contribution < 1.29 is 14.3 Å². The van der Waals surface area contributed by atoms with Gasteiger partial charge < -0.3 is 9.47 Å². The molecular weight excluding hydrogens is 218 g/mol. The molecule has 1 rings (SSSR count). The normalized spacial score (nSPS) is 27.8. The SMILES string of the molecule is CCCCC(C(=O)OC)N1CC(C)OCC1C. The lowest BCUT2D eigenvalue weighted by molar-refractivity contribution is -0.153. The van der Waals surface area contributed by atoms with Gasteiger partial charge in [0.05, 0.1) is 19.8 Å². The van der Waals surface area contributed by atoms with E-state index in [1.165, 1.54) is 7.11 Å². The second kappa shape index (κ2) is 6.97. The molecule has 3 unspecified atom stereocenters. The molecule has 0 aromatic rings. The Bertz CT molecular complexity index is 245. The van der Waals surface area contributed by atoms with E-state index in [-0.39, 0.29) is 24.2 Å². The van der Waals surface area contributed by atoms with Crippen LogP contribution in [0.25, 0.3) is 0 Å². The van der Waals surface area contributed by atoms with Crippen LogP contribution in [0.1, 0.15) is 40.0 Å². The summed E-state index contributed by atoms with van der Waals surface area (Å²) in [7, 11) is 1.47. The molecule has 0 spiro atoms. The Kier molecular flexibility index (Phi) is 5.92. The fourth-order valence-electron chi connectivity index (χ4n) is 2.32. The molecule has 0 radical (unpaired) electrons. The number of nitrogens with zero attached hydrogens (tertiary/aromatic N) is 1. The summed E-state index contributed by atoms with van der Waals surface area (Å²) in [6.45, 7) is 7.80. The van der Waals surface area contributed by atoms with E-state index in [2.05, 4.69) is 18.7 Å². The van der Waals surface area contributed by atoms with Gasteiger partial charge in [-0.1, -0.05) is 19.8 Å². The Balaban J connectivity index is 2.68. The average Bonchev–Trinajstić information content (AvgIpc) is 2.33. The number of carbonyl (C=O) groups excluding carboxylic acids is 1. The van der Waals surface area contributed by atoms with Crippen molar-refractivity contribution in [2.24, 2.45) is 0 Å². The molecule has 0 bridgehead atoms. The van der Waals surface area contributed by atoms with Gasteiger partial charge in [0.2, 0.25) is 0 Å². The lowest BCUT2D eigenvalue weighted by Gasteiger charge is -2.40. The highest BCUT2D eigenvalue weighted by Crippen LogP contribution is 2.19. The van der Waals surface area contributed by atoms with Crippen molar-refractivity contribution in [1.29, 1.82) is 0 Å². The number of hydrogen-bond donors (Lipinski definition) is 0. The number of unbranched alkanes of at least 4 members (excludes halogenated alkanes) is 1. The monoisotopic (exact) mass is 243 g/mol. The fraction of sp³-hybridized carbons (Fsp3) is 0.923. The van der Waals surface area contributed by atoms with Gasteiger partial charge in [-0.15, -0.1) is 0 Å². The van der Waals surface area contributed by atoms with E-state index >= 15 is 0 Å². The zero-order valence-corrected chi connectivity index (χ0v) is 11.4. The van der Waals surface area contributed by atoms with E-state index in [0.29, 0.717) is 6.61 Å². The highest BCUT2D eigenvalue weighted by atomic mass is 16.5. The highest BCUT2D eigenvalue weighted by molar-refractivity contribution is 5.75. The molecule has 4 nitrogen and oxygen atoms in total. The quantitative estimate of drug-likeness (QED) is 0.691. The first-order valence-corrected chi connectivity index (χ1v) is 6.55. The molecule has 0 aromatic carbocycles. The molecular formula is C13H25NO3. The summed E-state index contributed by atoms with van der Waals surface area (Å²) < 4.78 is 10.5. The molecule has 0 N–H and O–H groups in total. The minimum Gasteiger partial charge on any atom is -0.468 e. The van der Waals surface area contributed by atoms with Crippen LogP contribution in [-0.2, 0) is 14.3 Å². The molecule has 1 aliphatic heterocycles. The zero-order valence-electron chi connectivity index (χ0n) is 11.4. The van der Waals surface area contributed by atoms with Crippen molar-refractivity contribution in [2.75, 3.05) is 20.3 Å². The van der Waals surface area contributed by atoms with Crippen LogP contribution in [0.15, 0.2) is 0 Å². The first kappa shape index (κ1) is 14.5. The van der Waals surface area contributed by atoms with Crippen molar-refractivity contribution in [3.05, 3.63) is 0 Å². The largest absolute Gasteiger partial charge is 0.468 e. The van der Waals surface area contributed by atoms with E-state index in [1.54, 1.807) is 0 Å². The molecule has 17 heavy (non-hydrogen) atoms. The second-order valence-corrected chi connectivity index (χ2v) is 4.87. The van der Waals surface area contributed by atoms with Gasteiger partial charge in [-0.3, -0.25) is 9.69 Å². The Morgan fingerprint density at radius 1 is 1.53 bits per heavy atom. The number of methoxy groups -OCH3 is 1. The van der Waals surface area contributed by atoms with Crippen LogP contribution in [0, 0.1) is 0 Å². The molecule has 0 aromatic heterocycles. The summed E-state index contributed by atoms with van der Waals surface area (Å²) in [5, 5.41) is 0. The number of morpholine rings is 1. The summed E-state index contributed by atoms with van der Waals surface area (Å²) in [5.74, 6) is -0.112. The summed E-state index contributed by atoms with van der Waals surface area (Å²) >= 11 is 0. The van der Waals surface area contributed by atoms with E-state index in [4.69, 9.17) is 9.47 Å². The third-order valence-electron chi connectivity index (χ3n) is 3.36. The van der Waals surface area contributed by atoms with Crippen LogP contribution in [-0.4, -0.2) is 49.3 Å². The molecule has 1 heterocycles. The van der Waals surface area contributed by atoms with Crippen LogP contribution in [0.4, 0.5) is 0 Å². The first-order chi connectivity index (χ1) is 8.10. The third-order valence-corrected chi connectivity index (χ3v) is 3.36. The van der Waals surface area contributed by atoms with Crippen molar-refractivity contribution in [2.45, 2.75) is 58.2 Å². The summed E-state index contributed by atoms with van der Waals surface area (Å²) in [6.07, 6.45) is 3.22. The number of rotatable bonds is 5. The fourth-order valence-corrected chi connectivity index (χ4v) is 2.32. The Morgan fingerprint density at radius 2 is 2.24 bits per heavy atom. The predicted molar refractivity (Wildman–Crippen MR) is 66.9 cm³/mol. The molecule has 0 aliphatic carbocycles. The zero-order chi connectivity index (χ0) is 12.8. The summed E-state index contributed by atoms with van der Waals surface area (Å²) in [6, 6.07) is 0.174. The topological polar surface area (TPSA) is 38.8 Å². The van der Waals surface area contributed by atoms with Crippen LogP contribution in [0.2, 0.25) is 0 Å². The first-order valence-electron chi connectivity index (χ1n) is 6.55. The lowest BCUT2D eigenvalue weighted by Crippen LogP contribution is -2.54. The standard InChI is InChI=1S/C13H25NO3/c1-5-6-7-12(13(15)16-4)14-8-11(3)17-9-10(14)2/h10-12H,5-9H2,1-4H3. The maximum atomic E-state index is 11.9. The molecule has 100 valence electrons. The minimum atomic E-state index is -0.112. The van der Waals surface area contributed by atoms with E-state index in [9.17, 15) is 4.79 Å². The maximum absolute atomic E-state index is 11.9. The number of esters is 1. The molecule has 1 aliphatic rings. The molecule has 4 heteroatoms. The summed E-state index contributed by atoms with van der Waals surface area (Å²) in [5.41, 5.74) is 0. The van der Waals surface area contributed by atoms with Crippen LogP contribution < -0.4 is 0 Å². The molecule has 0 amide bonds. The van der Waals surface area contributed by atoms with E-state index in [0.717, 1.165) is 25.8 Å². The summed E-state index contributed by atoms with van der Waals surface area (Å²) in [4.78, 5) is 14.1. The Morgan fingerprint density at radius 3 is 2.82 bits per heavy atom. The van der Waals surface area contributed by atoms with Gasteiger partial charge in [0.1, 0.15) is 6.04 Å². The van der Waals surface area contributed by atoms with Gasteiger partial charge in [-0.25, -0.2) is 0 Å². The van der Waals surface area contributed by atoms with Gasteiger partial charge in [0.15, 0.2) is 0 Å². The van der Waals surface area contributed by atoms with Gasteiger partial charge in [0.25, 0.3) is 0 Å². The molecule has 3 atom stereocenters. The van der Waals surface area contributed by atoms with Gasteiger partial charge in [0, 0.05) is 12.6 Å². The number of ether oxygens (including phenoxy) is 2. The molecule has 1 saturated heterocycles. The minimum absolute atomic E-state index is 0.110. The smallest absolute Gasteiger partial charge is 0.323 e. The van der Waals surface area contributed by atoms with Crippen molar-refractivity contribution in [3.8, 4) is 0 Å². The van der Waals surface area contributed by atoms with Crippen LogP contribution in [0.5, 0.6) is 0 Å². The molecule has 1 fully saturated rings. The number of carbonyl (C=O) groups is 1. The highest BCUT2D eigenvalue weighted by Gasteiger charge is 2.33. The van der Waals surface area contributed by atoms with Crippen molar-refractivity contribution >= 4 is 5.97 Å².